The van der Waals surface area contributed by atoms with Crippen molar-refractivity contribution in [3.8, 4) is 0 Å². The van der Waals surface area contributed by atoms with E-state index in [4.69, 9.17) is 0 Å². The van der Waals surface area contributed by atoms with Crippen LogP contribution in [0.25, 0.3) is 0 Å². The van der Waals surface area contributed by atoms with E-state index < -0.39 is 24.5 Å². The molecule has 2 amide bonds. The van der Waals surface area contributed by atoms with Crippen LogP contribution in [0.1, 0.15) is 24.0 Å². The average molecular weight is 344 g/mol. The summed E-state index contributed by atoms with van der Waals surface area (Å²) in [5, 5.41) is 14.6. The van der Waals surface area contributed by atoms with Crippen molar-refractivity contribution in [3.63, 3.8) is 0 Å². The minimum Gasteiger partial charge on any atom is -0.394 e. The van der Waals surface area contributed by atoms with Gasteiger partial charge in [0.2, 0.25) is 11.8 Å². The Morgan fingerprint density at radius 1 is 1.04 bits per heavy atom. The Morgan fingerprint density at radius 3 is 2.28 bits per heavy atom. The van der Waals surface area contributed by atoms with E-state index in [1.54, 1.807) is 19.1 Å². The Hall–Kier alpha value is -2.73. The van der Waals surface area contributed by atoms with Crippen LogP contribution in [-0.4, -0.2) is 29.6 Å². The molecule has 0 aromatic heterocycles. The Bertz CT molecular complexity index is 704. The molecule has 0 aliphatic carbocycles. The highest BCUT2D eigenvalue weighted by Gasteiger charge is 2.23. The molecule has 0 aliphatic heterocycles. The van der Waals surface area contributed by atoms with Crippen LogP contribution < -0.4 is 10.6 Å². The van der Waals surface area contributed by atoms with Gasteiger partial charge in [0.1, 0.15) is 11.9 Å². The fraction of sp³-hybridized carbons (Fsp3) is 0.263. The van der Waals surface area contributed by atoms with Crippen LogP contribution in [0, 0.1) is 5.82 Å². The zero-order valence-electron chi connectivity index (χ0n) is 13.9. The van der Waals surface area contributed by atoms with Gasteiger partial charge >= 0.3 is 0 Å². The van der Waals surface area contributed by atoms with Gasteiger partial charge in [-0.25, -0.2) is 4.39 Å². The lowest BCUT2D eigenvalue weighted by Crippen LogP contribution is -2.49. The van der Waals surface area contributed by atoms with Crippen LogP contribution in [0.5, 0.6) is 0 Å². The minimum absolute atomic E-state index is 0.180. The third-order valence-corrected chi connectivity index (χ3v) is 3.89. The molecule has 6 heteroatoms. The highest BCUT2D eigenvalue weighted by atomic mass is 19.1. The smallest absolute Gasteiger partial charge is 0.245 e. The van der Waals surface area contributed by atoms with Crippen LogP contribution in [0.15, 0.2) is 54.6 Å². The zero-order valence-corrected chi connectivity index (χ0v) is 13.9. The van der Waals surface area contributed by atoms with E-state index >= 15 is 0 Å². The number of hydrogen-bond acceptors (Lipinski definition) is 3. The molecule has 0 fully saturated rings. The van der Waals surface area contributed by atoms with Crippen LogP contribution in [0.3, 0.4) is 0 Å². The number of halogens is 1. The second-order valence-electron chi connectivity index (χ2n) is 5.72. The lowest BCUT2D eigenvalue weighted by molar-refractivity contribution is -0.130. The summed E-state index contributed by atoms with van der Waals surface area (Å²) < 4.78 is 12.9. The molecule has 3 N–H and O–H groups in total. The van der Waals surface area contributed by atoms with Gasteiger partial charge in [-0.2, -0.15) is 0 Å². The summed E-state index contributed by atoms with van der Waals surface area (Å²) in [5.74, 6) is -1.65. The molecule has 2 rings (SSSR count). The maximum Gasteiger partial charge on any atom is 0.245 e. The average Bonchev–Trinajstić information content (AvgIpc) is 2.65. The first-order chi connectivity index (χ1) is 12.0. The van der Waals surface area contributed by atoms with Crippen molar-refractivity contribution in [1.82, 2.24) is 10.6 Å². The first-order valence-corrected chi connectivity index (χ1v) is 7.99. The molecule has 132 valence electrons. The summed E-state index contributed by atoms with van der Waals surface area (Å²) in [7, 11) is 0. The van der Waals surface area contributed by atoms with Crippen LogP contribution in [0.2, 0.25) is 0 Å². The first-order valence-electron chi connectivity index (χ1n) is 7.99. The Balaban J connectivity index is 1.90. The third-order valence-electron chi connectivity index (χ3n) is 3.89. The van der Waals surface area contributed by atoms with Crippen molar-refractivity contribution in [2.24, 2.45) is 0 Å². The largest absolute Gasteiger partial charge is 0.394 e. The fourth-order valence-electron chi connectivity index (χ4n) is 2.30. The molecule has 0 radical (unpaired) electrons. The van der Waals surface area contributed by atoms with Crippen molar-refractivity contribution in [3.05, 3.63) is 71.5 Å². The molecule has 2 aromatic carbocycles. The lowest BCUT2D eigenvalue weighted by atomic mass is 10.00. The molecule has 25 heavy (non-hydrogen) atoms. The number of carbonyl (C=O) groups is 2. The van der Waals surface area contributed by atoms with E-state index in [1.165, 1.54) is 12.1 Å². The Morgan fingerprint density at radius 2 is 1.68 bits per heavy atom. The zero-order chi connectivity index (χ0) is 18.2. The van der Waals surface area contributed by atoms with Gasteiger partial charge < -0.3 is 15.7 Å². The lowest BCUT2D eigenvalue weighted by Gasteiger charge is -2.19. The van der Waals surface area contributed by atoms with Gasteiger partial charge in [-0.15, -0.1) is 0 Å². The van der Waals surface area contributed by atoms with Crippen molar-refractivity contribution in [2.75, 3.05) is 6.61 Å². The molecule has 0 saturated carbocycles. The van der Waals surface area contributed by atoms with Crippen molar-refractivity contribution in [2.45, 2.75) is 25.4 Å². The topological polar surface area (TPSA) is 78.4 Å². The predicted octanol–water partition coefficient (Wildman–Crippen LogP) is 1.72. The molecule has 0 spiro atoms. The Kier molecular flexibility index (Phi) is 6.65. The summed E-state index contributed by atoms with van der Waals surface area (Å²) in [4.78, 5) is 24.4. The normalized spacial score (nSPS) is 12.9. The van der Waals surface area contributed by atoms with E-state index in [2.05, 4.69) is 10.6 Å². The number of hydrogen-bond donors (Lipinski definition) is 3. The first kappa shape index (κ1) is 18.6. The van der Waals surface area contributed by atoms with E-state index in [0.717, 1.165) is 11.1 Å². The van der Waals surface area contributed by atoms with Gasteiger partial charge in [0.25, 0.3) is 0 Å². The highest BCUT2D eigenvalue weighted by Crippen LogP contribution is 2.14. The van der Waals surface area contributed by atoms with E-state index in [1.807, 2.05) is 30.3 Å². The van der Waals surface area contributed by atoms with Crippen molar-refractivity contribution >= 4 is 11.8 Å². The predicted molar refractivity (Wildman–Crippen MR) is 92.1 cm³/mol. The van der Waals surface area contributed by atoms with Crippen molar-refractivity contribution < 1.29 is 19.1 Å². The maximum atomic E-state index is 12.9. The summed E-state index contributed by atoms with van der Waals surface area (Å²) in [6, 6.07) is 13.8. The summed E-state index contributed by atoms with van der Waals surface area (Å²) in [5.41, 5.74) is 1.54. The quantitative estimate of drug-likeness (QED) is 0.716. The monoisotopic (exact) mass is 344 g/mol. The molecule has 0 saturated heterocycles. The van der Waals surface area contributed by atoms with Crippen LogP contribution >= 0.6 is 0 Å². The van der Waals surface area contributed by atoms with Gasteiger partial charge in [0, 0.05) is 6.54 Å². The number of aliphatic hydroxyl groups excluding tert-OH is 1. The number of nitrogens with one attached hydrogen (secondary N) is 2. The van der Waals surface area contributed by atoms with E-state index in [-0.39, 0.29) is 18.3 Å². The van der Waals surface area contributed by atoms with E-state index in [0.29, 0.717) is 0 Å². The van der Waals surface area contributed by atoms with Crippen molar-refractivity contribution in [1.29, 1.82) is 0 Å². The van der Waals surface area contributed by atoms with Gasteiger partial charge in [0.15, 0.2) is 0 Å². The highest BCUT2D eigenvalue weighted by molar-refractivity contribution is 5.90. The van der Waals surface area contributed by atoms with Gasteiger partial charge in [-0.3, -0.25) is 9.59 Å². The standard InChI is InChI=1S/C19H21FN2O3/c1-13(15-5-3-2-4-6-15)18(24)22-17(12-23)19(25)21-11-14-7-9-16(20)10-8-14/h2-10,13,17,23H,11-12H2,1H3,(H,21,25)(H,22,24). The molecule has 2 aromatic rings. The van der Waals surface area contributed by atoms with Gasteiger partial charge in [-0.1, -0.05) is 42.5 Å². The Labute approximate surface area is 145 Å². The summed E-state index contributed by atoms with van der Waals surface area (Å²) in [6.45, 7) is 1.40. The molecule has 2 atom stereocenters. The molecule has 2 unspecified atom stereocenters. The summed E-state index contributed by atoms with van der Waals surface area (Å²) in [6.07, 6.45) is 0. The third kappa shape index (κ3) is 5.39. The molecule has 5 nitrogen and oxygen atoms in total. The number of carbonyl (C=O) groups excluding carboxylic acids is 2. The molecule has 0 bridgehead atoms. The summed E-state index contributed by atoms with van der Waals surface area (Å²) >= 11 is 0. The van der Waals surface area contributed by atoms with Gasteiger partial charge in [-0.05, 0) is 30.2 Å². The molecular weight excluding hydrogens is 323 g/mol. The fourth-order valence-corrected chi connectivity index (χ4v) is 2.30. The van der Waals surface area contributed by atoms with Crippen LogP contribution in [0.4, 0.5) is 4.39 Å². The second-order valence-corrected chi connectivity index (χ2v) is 5.72. The van der Waals surface area contributed by atoms with Crippen LogP contribution in [-0.2, 0) is 16.1 Å². The number of rotatable bonds is 7. The number of aliphatic hydroxyl groups is 1. The second kappa shape index (κ2) is 8.94. The minimum atomic E-state index is -1.04. The van der Waals surface area contributed by atoms with Gasteiger partial charge in [0.05, 0.1) is 12.5 Å². The molecule has 0 heterocycles. The number of amides is 2. The SMILES string of the molecule is CC(C(=O)NC(CO)C(=O)NCc1ccc(F)cc1)c1ccccc1. The molecule has 0 aliphatic rings. The molecular formula is C19H21FN2O3. The number of benzene rings is 2. The van der Waals surface area contributed by atoms with E-state index in [9.17, 15) is 19.1 Å². The maximum absolute atomic E-state index is 12.9.